The molecular weight excluding hydrogens is 184 g/mol. The molecule has 0 atom stereocenters. The number of nitrogens with two attached hydrogens (primary N) is 1. The lowest BCUT2D eigenvalue weighted by atomic mass is 10.0. The summed E-state index contributed by atoms with van der Waals surface area (Å²) in [6.07, 6.45) is 5.49. The second-order valence-electron chi connectivity index (χ2n) is 4.86. The highest BCUT2D eigenvalue weighted by Gasteiger charge is 2.37. The van der Waals surface area contributed by atoms with Crippen molar-refractivity contribution in [2.75, 3.05) is 0 Å². The molecule has 0 saturated heterocycles. The summed E-state index contributed by atoms with van der Waals surface area (Å²) < 4.78 is 2.15. The van der Waals surface area contributed by atoms with Crippen molar-refractivity contribution in [3.8, 4) is 0 Å². The molecule has 0 aliphatic heterocycles. The maximum absolute atomic E-state index is 6.12. The first kappa shape index (κ1) is 8.98. The lowest BCUT2D eigenvalue weighted by Gasteiger charge is -2.08. The predicted octanol–water partition coefficient (Wildman–Crippen LogP) is 2.21. The molecule has 78 valence electrons. The Balaban J connectivity index is 1.99. The van der Waals surface area contributed by atoms with Crippen LogP contribution in [0.25, 0.3) is 10.9 Å². The minimum Gasteiger partial charge on any atom is -0.351 e. The molecule has 1 heterocycles. The molecule has 2 heteroatoms. The maximum atomic E-state index is 6.12. The molecule has 15 heavy (non-hydrogen) atoms. The third-order valence-corrected chi connectivity index (χ3v) is 3.40. The van der Waals surface area contributed by atoms with E-state index in [-0.39, 0.29) is 5.54 Å². The molecule has 3 rings (SSSR count). The van der Waals surface area contributed by atoms with Crippen molar-refractivity contribution in [3.05, 3.63) is 36.0 Å². The van der Waals surface area contributed by atoms with Crippen LogP contribution in [0.4, 0.5) is 0 Å². The van der Waals surface area contributed by atoms with Crippen LogP contribution in [0.1, 0.15) is 18.4 Å². The van der Waals surface area contributed by atoms with Gasteiger partial charge in [0.05, 0.1) is 0 Å². The molecule has 1 saturated carbocycles. The average Bonchev–Trinajstić information content (AvgIpc) is 2.81. The molecule has 2 nitrogen and oxygen atoms in total. The number of hydrogen-bond acceptors (Lipinski definition) is 1. The monoisotopic (exact) mass is 200 g/mol. The van der Waals surface area contributed by atoms with E-state index in [1.54, 1.807) is 0 Å². The first-order chi connectivity index (χ1) is 7.16. The fraction of sp³-hybridized carbons (Fsp3) is 0.385. The molecule has 1 aliphatic rings. The second-order valence-corrected chi connectivity index (χ2v) is 4.86. The Hall–Kier alpha value is -1.28. The first-order valence-electron chi connectivity index (χ1n) is 5.49. The summed E-state index contributed by atoms with van der Waals surface area (Å²) >= 11 is 0. The zero-order valence-corrected chi connectivity index (χ0v) is 9.03. The normalized spacial score (nSPS) is 18.3. The van der Waals surface area contributed by atoms with E-state index in [0.29, 0.717) is 0 Å². The second kappa shape index (κ2) is 2.86. The van der Waals surface area contributed by atoms with Crippen LogP contribution in [-0.2, 0) is 13.5 Å². The lowest BCUT2D eigenvalue weighted by Crippen LogP contribution is -2.24. The maximum Gasteiger partial charge on any atom is 0.0477 e. The zero-order chi connectivity index (χ0) is 10.5. The number of fused-ring (bicyclic) bond motifs is 1. The number of aromatic nitrogens is 1. The fourth-order valence-electron chi connectivity index (χ4n) is 2.18. The van der Waals surface area contributed by atoms with Gasteiger partial charge < -0.3 is 10.3 Å². The van der Waals surface area contributed by atoms with Crippen molar-refractivity contribution in [3.63, 3.8) is 0 Å². The molecule has 1 aliphatic carbocycles. The minimum absolute atomic E-state index is 0.114. The third kappa shape index (κ3) is 1.55. The van der Waals surface area contributed by atoms with Gasteiger partial charge in [-0.3, -0.25) is 0 Å². The van der Waals surface area contributed by atoms with Crippen LogP contribution in [0.5, 0.6) is 0 Å². The van der Waals surface area contributed by atoms with E-state index in [0.717, 1.165) is 6.42 Å². The lowest BCUT2D eigenvalue weighted by molar-refractivity contribution is 0.672. The van der Waals surface area contributed by atoms with Gasteiger partial charge in [0, 0.05) is 24.3 Å². The third-order valence-electron chi connectivity index (χ3n) is 3.40. The Morgan fingerprint density at radius 3 is 2.87 bits per heavy atom. The smallest absolute Gasteiger partial charge is 0.0477 e. The van der Waals surface area contributed by atoms with Crippen LogP contribution < -0.4 is 5.73 Å². The molecule has 2 N–H and O–H groups in total. The fourth-order valence-corrected chi connectivity index (χ4v) is 2.18. The van der Waals surface area contributed by atoms with Gasteiger partial charge in [-0.05, 0) is 48.4 Å². The van der Waals surface area contributed by atoms with E-state index >= 15 is 0 Å². The van der Waals surface area contributed by atoms with Crippen molar-refractivity contribution < 1.29 is 0 Å². The summed E-state index contributed by atoms with van der Waals surface area (Å²) in [4.78, 5) is 0. The van der Waals surface area contributed by atoms with E-state index in [1.807, 2.05) is 0 Å². The van der Waals surface area contributed by atoms with E-state index in [9.17, 15) is 0 Å². The van der Waals surface area contributed by atoms with Gasteiger partial charge in [-0.2, -0.15) is 0 Å². The van der Waals surface area contributed by atoms with Gasteiger partial charge in [0.15, 0.2) is 0 Å². The largest absolute Gasteiger partial charge is 0.351 e. The van der Waals surface area contributed by atoms with Crippen LogP contribution in [0, 0.1) is 0 Å². The summed E-state index contributed by atoms with van der Waals surface area (Å²) in [7, 11) is 2.08. The number of aryl methyl sites for hydroxylation is 1. The SMILES string of the molecule is Cn1ccc2cc(CC3(N)CC3)ccc21. The standard InChI is InChI=1S/C13H16N2/c1-15-7-4-11-8-10(2-3-12(11)15)9-13(14)5-6-13/h2-4,7-8H,5-6,9,14H2,1H3. The molecule has 0 bridgehead atoms. The Morgan fingerprint density at radius 1 is 1.33 bits per heavy atom. The topological polar surface area (TPSA) is 30.9 Å². The predicted molar refractivity (Wildman–Crippen MR) is 62.8 cm³/mol. The quantitative estimate of drug-likeness (QED) is 0.791. The van der Waals surface area contributed by atoms with Crippen molar-refractivity contribution in [1.82, 2.24) is 4.57 Å². The van der Waals surface area contributed by atoms with Gasteiger partial charge in [0.1, 0.15) is 0 Å². The summed E-state index contributed by atoms with van der Waals surface area (Å²) in [5, 5.41) is 1.32. The molecule has 0 amide bonds. The molecule has 1 aromatic heterocycles. The van der Waals surface area contributed by atoms with Crippen molar-refractivity contribution in [2.24, 2.45) is 12.8 Å². The van der Waals surface area contributed by atoms with Gasteiger partial charge in [-0.15, -0.1) is 0 Å². The Bertz CT molecular complexity index is 506. The van der Waals surface area contributed by atoms with Gasteiger partial charge in [0.25, 0.3) is 0 Å². The summed E-state index contributed by atoms with van der Waals surface area (Å²) in [6.45, 7) is 0. The highest BCUT2D eigenvalue weighted by atomic mass is 14.9. The van der Waals surface area contributed by atoms with Crippen molar-refractivity contribution >= 4 is 10.9 Å². The molecule has 1 aromatic carbocycles. The van der Waals surface area contributed by atoms with Crippen LogP contribution in [-0.4, -0.2) is 10.1 Å². The Morgan fingerprint density at radius 2 is 2.13 bits per heavy atom. The Kier molecular flexibility index (Phi) is 1.71. The molecule has 2 aromatic rings. The van der Waals surface area contributed by atoms with Crippen molar-refractivity contribution in [1.29, 1.82) is 0 Å². The number of benzene rings is 1. The van der Waals surface area contributed by atoms with Crippen LogP contribution in [0.15, 0.2) is 30.5 Å². The van der Waals surface area contributed by atoms with Gasteiger partial charge in [-0.1, -0.05) is 6.07 Å². The summed E-state index contributed by atoms with van der Waals surface area (Å²) in [6, 6.07) is 8.82. The highest BCUT2D eigenvalue weighted by Crippen LogP contribution is 2.36. The van der Waals surface area contributed by atoms with Gasteiger partial charge in [-0.25, -0.2) is 0 Å². The minimum atomic E-state index is 0.114. The van der Waals surface area contributed by atoms with E-state index < -0.39 is 0 Å². The molecule has 0 radical (unpaired) electrons. The van der Waals surface area contributed by atoms with Crippen LogP contribution in [0.2, 0.25) is 0 Å². The van der Waals surface area contributed by atoms with E-state index in [2.05, 4.69) is 42.1 Å². The molecule has 0 unspecified atom stereocenters. The number of nitrogens with zero attached hydrogens (tertiary/aromatic N) is 1. The summed E-state index contributed by atoms with van der Waals surface area (Å²) in [5.74, 6) is 0. The van der Waals surface area contributed by atoms with Gasteiger partial charge in [0.2, 0.25) is 0 Å². The molecule has 1 fully saturated rings. The average molecular weight is 200 g/mol. The summed E-state index contributed by atoms with van der Waals surface area (Å²) in [5.41, 5.74) is 8.90. The zero-order valence-electron chi connectivity index (χ0n) is 9.03. The number of rotatable bonds is 2. The first-order valence-corrected chi connectivity index (χ1v) is 5.49. The molecule has 0 spiro atoms. The van der Waals surface area contributed by atoms with Crippen LogP contribution in [0.3, 0.4) is 0 Å². The van der Waals surface area contributed by atoms with Crippen molar-refractivity contribution in [2.45, 2.75) is 24.8 Å². The highest BCUT2D eigenvalue weighted by molar-refractivity contribution is 5.80. The van der Waals surface area contributed by atoms with E-state index in [1.165, 1.54) is 29.3 Å². The van der Waals surface area contributed by atoms with Gasteiger partial charge >= 0.3 is 0 Å². The number of hydrogen-bond donors (Lipinski definition) is 1. The molecular formula is C13H16N2. The van der Waals surface area contributed by atoms with Crippen LogP contribution >= 0.6 is 0 Å². The Labute approximate surface area is 89.7 Å². The van der Waals surface area contributed by atoms with E-state index in [4.69, 9.17) is 5.73 Å².